The maximum absolute atomic E-state index is 14.3. The molecule has 0 bridgehead atoms. The third-order valence-corrected chi connectivity index (χ3v) is 8.81. The average molecular weight is 784 g/mol. The van der Waals surface area contributed by atoms with Gasteiger partial charge in [0, 0.05) is 25.7 Å². The topological polar surface area (TPSA) is 143 Å². The van der Waals surface area contributed by atoms with Crippen molar-refractivity contribution in [2.75, 3.05) is 6.61 Å². The number of hydrogen-bond acceptors (Lipinski definition) is 6. The first-order valence-electron chi connectivity index (χ1n) is 17.7. The summed E-state index contributed by atoms with van der Waals surface area (Å²) in [5.41, 5.74) is 3.18. The molecule has 0 unspecified atom stereocenters. The van der Waals surface area contributed by atoms with Gasteiger partial charge in [-0.25, -0.2) is 4.79 Å². The van der Waals surface area contributed by atoms with Crippen molar-refractivity contribution in [2.45, 2.75) is 74.9 Å². The quantitative estimate of drug-likeness (QED) is 0.0857. The second kappa shape index (κ2) is 20.1. The predicted molar refractivity (Wildman–Crippen MR) is 208 cm³/mol. The zero-order valence-electron chi connectivity index (χ0n) is 30.2. The molecule has 0 fully saturated rings. The molecule has 4 atom stereocenters. The van der Waals surface area contributed by atoms with Crippen molar-refractivity contribution >= 4 is 45.5 Å². The van der Waals surface area contributed by atoms with Crippen LogP contribution in [0.2, 0.25) is 0 Å². The van der Waals surface area contributed by atoms with Crippen molar-refractivity contribution in [3.8, 4) is 0 Å². The first kappa shape index (κ1) is 40.5. The lowest BCUT2D eigenvalue weighted by atomic mass is 10.00. The first-order valence-corrected chi connectivity index (χ1v) is 18.5. The second-order valence-electron chi connectivity index (χ2n) is 13.2. The van der Waals surface area contributed by atoms with Crippen molar-refractivity contribution in [2.24, 2.45) is 0 Å². The van der Waals surface area contributed by atoms with Gasteiger partial charge in [0.05, 0.1) is 10.9 Å². The third-order valence-electron chi connectivity index (χ3n) is 8.45. The summed E-state index contributed by atoms with van der Waals surface area (Å²) < 4.78 is 4.34. The number of amides is 4. The fourth-order valence-electron chi connectivity index (χ4n) is 5.61. The zero-order chi connectivity index (χ0) is 38.2. The van der Waals surface area contributed by atoms with Crippen LogP contribution in [0.1, 0.15) is 43.0 Å². The summed E-state index contributed by atoms with van der Waals surface area (Å²) in [5.74, 6) is -2.76. The molecule has 53 heavy (non-hydrogen) atoms. The minimum atomic E-state index is -1.13. The molecule has 0 heterocycles. The van der Waals surface area contributed by atoms with E-state index in [2.05, 4.69) is 37.2 Å². The molecule has 278 valence electrons. The molecule has 0 spiro atoms. The largest absolute Gasteiger partial charge is 0.464 e. The average Bonchev–Trinajstić information content (AvgIpc) is 3.15. The summed E-state index contributed by atoms with van der Waals surface area (Å²) in [5, 5.41) is 11.4. The maximum atomic E-state index is 14.3. The van der Waals surface area contributed by atoms with Crippen molar-refractivity contribution in [3.05, 3.63) is 144 Å². The lowest BCUT2D eigenvalue weighted by Gasteiger charge is -2.27. The van der Waals surface area contributed by atoms with Crippen LogP contribution < -0.4 is 21.3 Å². The van der Waals surface area contributed by atoms with Crippen LogP contribution >= 0.6 is 15.9 Å². The Kier molecular flexibility index (Phi) is 15.3. The molecule has 4 amide bonds. The van der Waals surface area contributed by atoms with Crippen molar-refractivity contribution in [3.63, 3.8) is 0 Å². The Balaban J connectivity index is 1.62. The Bertz CT molecular complexity index is 1790. The number of benzene rings is 4. The molecular formula is C42H47BrN4O6. The van der Waals surface area contributed by atoms with Gasteiger partial charge in [-0.05, 0) is 43.0 Å². The van der Waals surface area contributed by atoms with E-state index in [4.69, 9.17) is 4.74 Å². The van der Waals surface area contributed by atoms with E-state index < -0.39 is 58.1 Å². The van der Waals surface area contributed by atoms with Crippen LogP contribution in [0.25, 0.3) is 0 Å². The molecule has 0 saturated heterocycles. The number of rotatable bonds is 18. The Labute approximate surface area is 319 Å². The van der Waals surface area contributed by atoms with E-state index in [0.717, 1.165) is 22.3 Å². The summed E-state index contributed by atoms with van der Waals surface area (Å²) >= 11 is 3.37. The number of hydrogen-bond donors (Lipinski definition) is 4. The van der Waals surface area contributed by atoms with Gasteiger partial charge in [0.25, 0.3) is 0 Å². The minimum Gasteiger partial charge on any atom is -0.464 e. The molecular weight excluding hydrogens is 736 g/mol. The second-order valence-corrected chi connectivity index (χ2v) is 15.2. The molecule has 4 aromatic rings. The highest BCUT2D eigenvalue weighted by atomic mass is 79.9. The molecule has 4 rings (SSSR count). The molecule has 10 nitrogen and oxygen atoms in total. The van der Waals surface area contributed by atoms with Gasteiger partial charge in [-0.15, -0.1) is 0 Å². The number of carbonyl (C=O) groups excluding carboxylic acids is 5. The molecule has 0 aliphatic rings. The highest BCUT2D eigenvalue weighted by molar-refractivity contribution is 9.10. The van der Waals surface area contributed by atoms with Crippen LogP contribution in [0.5, 0.6) is 0 Å². The van der Waals surface area contributed by atoms with E-state index in [1.165, 1.54) is 0 Å². The molecule has 4 aromatic carbocycles. The highest BCUT2D eigenvalue weighted by Gasteiger charge is 2.34. The van der Waals surface area contributed by atoms with Crippen molar-refractivity contribution in [1.29, 1.82) is 0 Å². The van der Waals surface area contributed by atoms with Crippen LogP contribution in [-0.2, 0) is 54.4 Å². The Morgan fingerprint density at radius 1 is 0.509 bits per heavy atom. The van der Waals surface area contributed by atoms with Gasteiger partial charge in [-0.1, -0.05) is 137 Å². The van der Waals surface area contributed by atoms with E-state index in [1.807, 2.05) is 121 Å². The number of halogens is 1. The van der Waals surface area contributed by atoms with Crippen molar-refractivity contribution in [1.82, 2.24) is 21.3 Å². The summed E-state index contributed by atoms with van der Waals surface area (Å²) in [6.07, 6.45) is 0.576. The fourth-order valence-corrected chi connectivity index (χ4v) is 5.72. The van der Waals surface area contributed by atoms with Gasteiger partial charge < -0.3 is 26.0 Å². The number of nitrogens with one attached hydrogen (secondary N) is 4. The number of alkyl halides is 1. The van der Waals surface area contributed by atoms with Crippen molar-refractivity contribution < 1.29 is 28.7 Å². The van der Waals surface area contributed by atoms with E-state index >= 15 is 0 Å². The van der Waals surface area contributed by atoms with Crippen LogP contribution in [0.4, 0.5) is 0 Å². The smallest absolute Gasteiger partial charge is 0.328 e. The van der Waals surface area contributed by atoms with Crippen LogP contribution in [0, 0.1) is 0 Å². The van der Waals surface area contributed by atoms with Crippen LogP contribution in [-0.4, -0.2) is 64.7 Å². The lowest BCUT2D eigenvalue weighted by Crippen LogP contribution is -2.59. The molecule has 0 aromatic heterocycles. The number of esters is 1. The summed E-state index contributed by atoms with van der Waals surface area (Å²) in [7, 11) is 0. The predicted octanol–water partition coefficient (Wildman–Crippen LogP) is 4.63. The monoisotopic (exact) mass is 782 g/mol. The van der Waals surface area contributed by atoms with E-state index in [9.17, 15) is 24.0 Å². The molecule has 0 aliphatic heterocycles. The SMILES string of the molecule is CCOC(=O)[C@@H](Cc1ccccc1)NC(=O)[C@@H](Cc1ccccc1)NC(=O)[C@@H](Cc1ccccc1)NC(=O)[C@H](Cc1ccccc1)NC(=O)C(C)(C)Br. The summed E-state index contributed by atoms with van der Waals surface area (Å²) in [6, 6.07) is 32.6. The Hall–Kier alpha value is -5.29. The molecule has 0 saturated carbocycles. The minimum absolute atomic E-state index is 0.105. The first-order chi connectivity index (χ1) is 25.4. The van der Waals surface area contributed by atoms with Gasteiger partial charge in [-0.3, -0.25) is 19.2 Å². The number of ether oxygens (including phenoxy) is 1. The maximum Gasteiger partial charge on any atom is 0.328 e. The van der Waals surface area contributed by atoms with Gasteiger partial charge in [0.1, 0.15) is 24.2 Å². The molecule has 11 heteroatoms. The summed E-state index contributed by atoms with van der Waals surface area (Å²) in [4.78, 5) is 68.5. The highest BCUT2D eigenvalue weighted by Crippen LogP contribution is 2.17. The number of carbonyl (C=O) groups is 5. The lowest BCUT2D eigenvalue weighted by molar-refractivity contribution is -0.147. The molecule has 4 N–H and O–H groups in total. The Morgan fingerprint density at radius 2 is 0.792 bits per heavy atom. The zero-order valence-corrected chi connectivity index (χ0v) is 31.8. The van der Waals surface area contributed by atoms with Crippen LogP contribution in [0.15, 0.2) is 121 Å². The molecule has 0 aliphatic carbocycles. The third kappa shape index (κ3) is 13.3. The van der Waals surface area contributed by atoms with Gasteiger partial charge in [-0.2, -0.15) is 0 Å². The summed E-state index contributed by atoms with van der Waals surface area (Å²) in [6.45, 7) is 5.17. The standard InChI is InChI=1S/C42H47BrN4O6/c1-4-53-40(51)36(28-32-23-15-8-16-24-32)46-38(49)34(26-30-19-11-6-12-20-30)44-37(48)33(25-29-17-9-5-10-18-29)45-39(50)35(47-41(52)42(2,3)43)27-31-21-13-7-14-22-31/h5-24,33-36H,4,25-28H2,1-3H3,(H,44,48)(H,45,50)(H,46,49)(H,47,52)/t33-,34-,35+,36-/m1/s1. The molecule has 0 radical (unpaired) electrons. The normalized spacial score (nSPS) is 13.4. The fraction of sp³-hybridized carbons (Fsp3) is 0.310. The van der Waals surface area contributed by atoms with E-state index in [1.54, 1.807) is 20.8 Å². The van der Waals surface area contributed by atoms with Crippen LogP contribution in [0.3, 0.4) is 0 Å². The van der Waals surface area contributed by atoms with E-state index in [0.29, 0.717) is 0 Å². The van der Waals surface area contributed by atoms with Gasteiger partial charge in [0.15, 0.2) is 0 Å². The van der Waals surface area contributed by atoms with E-state index in [-0.39, 0.29) is 32.3 Å². The Morgan fingerprint density at radius 3 is 1.09 bits per heavy atom. The van der Waals surface area contributed by atoms with Gasteiger partial charge in [0.2, 0.25) is 23.6 Å². The van der Waals surface area contributed by atoms with Gasteiger partial charge >= 0.3 is 5.97 Å².